The number of benzene rings is 1. The molecule has 1 saturated heterocycles. The third-order valence-electron chi connectivity index (χ3n) is 5.33. The lowest BCUT2D eigenvalue weighted by atomic mass is 9.94. The summed E-state index contributed by atoms with van der Waals surface area (Å²) in [7, 11) is 0. The SMILES string of the molecule is CC1(F)C=NC=C(c2cncc(C3CN(c4cnc5ccccc5c4)C3)n2)C1. The fourth-order valence-electron chi connectivity index (χ4n) is 3.74. The van der Waals surface area contributed by atoms with Crippen LogP contribution in [-0.2, 0) is 0 Å². The van der Waals surface area contributed by atoms with Gasteiger partial charge in [0.1, 0.15) is 5.67 Å². The number of allylic oxidation sites excluding steroid dienone is 1. The maximum atomic E-state index is 14.2. The van der Waals surface area contributed by atoms with Gasteiger partial charge in [-0.15, -0.1) is 0 Å². The molecule has 140 valence electrons. The number of para-hydroxylation sites is 1. The second-order valence-electron chi connectivity index (χ2n) is 7.70. The van der Waals surface area contributed by atoms with E-state index in [4.69, 9.17) is 4.98 Å². The Hall–Kier alpha value is -3.15. The zero-order chi connectivity index (χ0) is 19.1. The summed E-state index contributed by atoms with van der Waals surface area (Å²) in [6.45, 7) is 3.27. The molecule has 3 aromatic rings. The molecule has 0 saturated carbocycles. The molecule has 2 aliphatic heterocycles. The van der Waals surface area contributed by atoms with E-state index >= 15 is 0 Å². The molecule has 28 heavy (non-hydrogen) atoms. The van der Waals surface area contributed by atoms with Crippen molar-refractivity contribution in [3.63, 3.8) is 0 Å². The van der Waals surface area contributed by atoms with Crippen molar-refractivity contribution in [2.75, 3.05) is 18.0 Å². The second kappa shape index (κ2) is 6.48. The number of anilines is 1. The minimum Gasteiger partial charge on any atom is -0.369 e. The first-order valence-corrected chi connectivity index (χ1v) is 9.42. The average molecular weight is 373 g/mol. The summed E-state index contributed by atoms with van der Waals surface area (Å²) in [5.74, 6) is 0.309. The molecule has 1 unspecified atom stereocenters. The van der Waals surface area contributed by atoms with Gasteiger partial charge >= 0.3 is 0 Å². The molecule has 5 nitrogen and oxygen atoms in total. The maximum absolute atomic E-state index is 14.2. The van der Waals surface area contributed by atoms with Crippen molar-refractivity contribution in [1.29, 1.82) is 0 Å². The van der Waals surface area contributed by atoms with Gasteiger partial charge in [0.15, 0.2) is 0 Å². The predicted molar refractivity (Wildman–Crippen MR) is 109 cm³/mol. The quantitative estimate of drug-likeness (QED) is 0.691. The lowest BCUT2D eigenvalue weighted by Gasteiger charge is -2.40. The summed E-state index contributed by atoms with van der Waals surface area (Å²) < 4.78 is 14.2. The van der Waals surface area contributed by atoms with Gasteiger partial charge in [0.2, 0.25) is 0 Å². The van der Waals surface area contributed by atoms with Gasteiger partial charge in [-0.25, -0.2) is 9.37 Å². The predicted octanol–water partition coefficient (Wildman–Crippen LogP) is 4.17. The van der Waals surface area contributed by atoms with Crippen LogP contribution in [0.5, 0.6) is 0 Å². The van der Waals surface area contributed by atoms with E-state index in [1.807, 2.05) is 30.6 Å². The van der Waals surface area contributed by atoms with Crippen LogP contribution in [0.25, 0.3) is 16.5 Å². The number of halogens is 1. The maximum Gasteiger partial charge on any atom is 0.147 e. The number of fused-ring (bicyclic) bond motifs is 1. The van der Waals surface area contributed by atoms with Crippen molar-refractivity contribution in [1.82, 2.24) is 15.0 Å². The Labute approximate surface area is 162 Å². The van der Waals surface area contributed by atoms with E-state index in [2.05, 4.69) is 32.0 Å². The third-order valence-corrected chi connectivity index (χ3v) is 5.33. The van der Waals surface area contributed by atoms with Gasteiger partial charge in [-0.3, -0.25) is 15.0 Å². The number of rotatable bonds is 3. The van der Waals surface area contributed by atoms with E-state index in [-0.39, 0.29) is 6.42 Å². The highest BCUT2D eigenvalue weighted by Gasteiger charge is 2.31. The van der Waals surface area contributed by atoms with Gasteiger partial charge in [0, 0.05) is 55.0 Å². The highest BCUT2D eigenvalue weighted by atomic mass is 19.1. The van der Waals surface area contributed by atoms with Gasteiger partial charge in [0.25, 0.3) is 0 Å². The van der Waals surface area contributed by atoms with Crippen LogP contribution in [0, 0.1) is 0 Å². The van der Waals surface area contributed by atoms with Crippen molar-refractivity contribution in [2.45, 2.75) is 24.9 Å². The van der Waals surface area contributed by atoms with Crippen molar-refractivity contribution >= 4 is 28.4 Å². The van der Waals surface area contributed by atoms with E-state index in [9.17, 15) is 4.39 Å². The lowest BCUT2D eigenvalue weighted by molar-refractivity contribution is 0.296. The molecule has 0 bridgehead atoms. The van der Waals surface area contributed by atoms with Crippen LogP contribution in [0.4, 0.5) is 10.1 Å². The van der Waals surface area contributed by atoms with Crippen LogP contribution in [-0.4, -0.2) is 39.9 Å². The van der Waals surface area contributed by atoms with Crippen molar-refractivity contribution < 1.29 is 4.39 Å². The van der Waals surface area contributed by atoms with Gasteiger partial charge in [-0.05, 0) is 19.1 Å². The molecule has 2 aliphatic rings. The van der Waals surface area contributed by atoms with Crippen molar-refractivity contribution in [2.24, 2.45) is 4.99 Å². The fourth-order valence-corrected chi connectivity index (χ4v) is 3.74. The molecular weight excluding hydrogens is 353 g/mol. The summed E-state index contributed by atoms with van der Waals surface area (Å²) in [6, 6.07) is 10.3. The van der Waals surface area contributed by atoms with Crippen LogP contribution in [0.1, 0.15) is 30.7 Å². The Bertz CT molecular complexity index is 1100. The third kappa shape index (κ3) is 3.15. The minimum absolute atomic E-state index is 0.272. The Morgan fingerprint density at radius 2 is 2.00 bits per heavy atom. The van der Waals surface area contributed by atoms with E-state index in [1.54, 1.807) is 12.4 Å². The molecule has 0 amide bonds. The number of aliphatic imine (C=N–C) groups is 1. The molecule has 0 N–H and O–H groups in total. The molecular formula is C22H20FN5. The number of hydrogen-bond donors (Lipinski definition) is 0. The summed E-state index contributed by atoms with van der Waals surface area (Å²) >= 11 is 0. The molecule has 0 spiro atoms. The highest BCUT2D eigenvalue weighted by molar-refractivity contribution is 5.82. The number of alkyl halides is 1. The molecule has 2 aromatic heterocycles. The van der Waals surface area contributed by atoms with Crippen LogP contribution < -0.4 is 4.90 Å². The molecule has 1 aromatic carbocycles. The Morgan fingerprint density at radius 1 is 1.14 bits per heavy atom. The molecule has 4 heterocycles. The number of nitrogens with zero attached hydrogens (tertiary/aromatic N) is 5. The van der Waals surface area contributed by atoms with Crippen LogP contribution >= 0.6 is 0 Å². The van der Waals surface area contributed by atoms with Gasteiger partial charge in [0.05, 0.1) is 35.0 Å². The summed E-state index contributed by atoms with van der Waals surface area (Å²) in [5.41, 5.74) is 3.14. The number of pyridine rings is 1. The van der Waals surface area contributed by atoms with E-state index < -0.39 is 5.67 Å². The average Bonchev–Trinajstić information content (AvgIpc) is 2.66. The first kappa shape index (κ1) is 17.0. The summed E-state index contributed by atoms with van der Waals surface area (Å²) in [6.07, 6.45) is 8.72. The largest absolute Gasteiger partial charge is 0.369 e. The molecule has 0 radical (unpaired) electrons. The molecule has 1 fully saturated rings. The standard InChI is InChI=1S/C22H20FN5/c1-22(23)7-16(8-25-14-22)20-10-24-11-21(27-20)17-12-28(13-17)18-6-15-4-2-3-5-19(15)26-9-18/h2-6,8-11,14,17H,7,12-13H2,1H3. The van der Waals surface area contributed by atoms with Gasteiger partial charge < -0.3 is 4.90 Å². The zero-order valence-corrected chi connectivity index (χ0v) is 15.6. The van der Waals surface area contributed by atoms with Gasteiger partial charge in [-0.2, -0.15) is 0 Å². The monoisotopic (exact) mass is 373 g/mol. The first-order chi connectivity index (χ1) is 13.6. The van der Waals surface area contributed by atoms with Crippen molar-refractivity contribution in [3.05, 3.63) is 66.5 Å². The minimum atomic E-state index is -1.43. The van der Waals surface area contributed by atoms with Crippen molar-refractivity contribution in [3.8, 4) is 0 Å². The Morgan fingerprint density at radius 3 is 2.86 bits per heavy atom. The lowest BCUT2D eigenvalue weighted by Crippen LogP contribution is -2.45. The summed E-state index contributed by atoms with van der Waals surface area (Å²) in [4.78, 5) is 20.0. The Kier molecular flexibility index (Phi) is 3.93. The van der Waals surface area contributed by atoms with Gasteiger partial charge in [-0.1, -0.05) is 18.2 Å². The number of aromatic nitrogens is 3. The zero-order valence-electron chi connectivity index (χ0n) is 15.6. The first-order valence-electron chi connectivity index (χ1n) is 9.42. The van der Waals surface area contributed by atoms with E-state index in [0.717, 1.165) is 40.9 Å². The fraction of sp³-hybridized carbons (Fsp3) is 0.273. The number of hydrogen-bond acceptors (Lipinski definition) is 5. The van der Waals surface area contributed by atoms with E-state index in [1.165, 1.54) is 13.1 Å². The molecule has 1 atom stereocenters. The second-order valence-corrected chi connectivity index (χ2v) is 7.70. The molecule has 6 heteroatoms. The topological polar surface area (TPSA) is 54.3 Å². The van der Waals surface area contributed by atoms with E-state index in [0.29, 0.717) is 11.6 Å². The molecule has 5 rings (SSSR count). The normalized spacial score (nSPS) is 22.2. The molecule has 0 aliphatic carbocycles. The smallest absolute Gasteiger partial charge is 0.147 e. The van der Waals surface area contributed by atoms with Crippen LogP contribution in [0.3, 0.4) is 0 Å². The summed E-state index contributed by atoms with van der Waals surface area (Å²) in [5, 5.41) is 1.14. The Balaban J connectivity index is 1.32. The van der Waals surface area contributed by atoms with Crippen LogP contribution in [0.2, 0.25) is 0 Å². The highest BCUT2D eigenvalue weighted by Crippen LogP contribution is 2.33. The van der Waals surface area contributed by atoms with Crippen LogP contribution in [0.15, 0.2) is 60.1 Å².